The van der Waals surface area contributed by atoms with Crippen molar-refractivity contribution in [3.05, 3.63) is 22.8 Å². The molecule has 0 N–H and O–H groups in total. The van der Waals surface area contributed by atoms with Gasteiger partial charge < -0.3 is 9.64 Å². The lowest BCUT2D eigenvalue weighted by Gasteiger charge is -2.32. The lowest BCUT2D eigenvalue weighted by molar-refractivity contribution is 0.0302. The number of hydrogen-bond donors (Lipinski definition) is 0. The highest BCUT2D eigenvalue weighted by atomic mass is 79.9. The Morgan fingerprint density at radius 3 is 2.67 bits per heavy atom. The number of pyridine rings is 1. The summed E-state index contributed by atoms with van der Waals surface area (Å²) in [5, 5.41) is 0. The van der Waals surface area contributed by atoms with Crippen molar-refractivity contribution >= 4 is 21.7 Å². The molecule has 1 aromatic rings. The first-order valence-electron chi connectivity index (χ1n) is 5.34. The van der Waals surface area contributed by atoms with Crippen LogP contribution in [0.15, 0.2) is 22.8 Å². The topological polar surface area (TPSA) is 25.4 Å². The fraction of sp³-hybridized carbons (Fsp3) is 0.545. The van der Waals surface area contributed by atoms with E-state index >= 15 is 0 Å². The summed E-state index contributed by atoms with van der Waals surface area (Å²) in [5.41, 5.74) is 0. The maximum Gasteiger partial charge on any atom is 0.130 e. The van der Waals surface area contributed by atoms with Crippen LogP contribution >= 0.6 is 15.9 Å². The van der Waals surface area contributed by atoms with Gasteiger partial charge in [0.1, 0.15) is 10.4 Å². The molecule has 4 heteroatoms. The summed E-state index contributed by atoms with van der Waals surface area (Å²) in [7, 11) is 0. The Labute approximate surface area is 97.6 Å². The molecule has 2 aliphatic rings. The Bertz CT molecular complexity index is 359. The standard InChI is InChI=1S/C11H13BrN2O/c12-10-2-1-3-11(13-10)14-6-8-4-5-9(7-14)15-8/h1-3,8-9H,4-7H2. The van der Waals surface area contributed by atoms with Crippen LogP contribution in [0.4, 0.5) is 5.82 Å². The SMILES string of the molecule is Brc1cccc(N2CC3CCC(C2)O3)n1. The molecule has 0 aliphatic carbocycles. The first kappa shape index (κ1) is 9.60. The van der Waals surface area contributed by atoms with Gasteiger partial charge in [-0.3, -0.25) is 0 Å². The lowest BCUT2D eigenvalue weighted by Crippen LogP contribution is -2.43. The highest BCUT2D eigenvalue weighted by molar-refractivity contribution is 9.10. The normalized spacial score (nSPS) is 29.5. The molecule has 80 valence electrons. The van der Waals surface area contributed by atoms with Crippen LogP contribution in [0.25, 0.3) is 0 Å². The summed E-state index contributed by atoms with van der Waals surface area (Å²) in [6.45, 7) is 1.97. The van der Waals surface area contributed by atoms with Crippen molar-refractivity contribution in [3.63, 3.8) is 0 Å². The summed E-state index contributed by atoms with van der Waals surface area (Å²) in [6, 6.07) is 6.05. The molecule has 2 fully saturated rings. The third-order valence-electron chi connectivity index (χ3n) is 3.07. The van der Waals surface area contributed by atoms with Crippen molar-refractivity contribution < 1.29 is 4.74 Å². The second kappa shape index (κ2) is 3.76. The number of aromatic nitrogens is 1. The summed E-state index contributed by atoms with van der Waals surface area (Å²) < 4.78 is 6.70. The van der Waals surface area contributed by atoms with Gasteiger partial charge in [0.15, 0.2) is 0 Å². The monoisotopic (exact) mass is 268 g/mol. The van der Waals surface area contributed by atoms with Crippen molar-refractivity contribution in [3.8, 4) is 0 Å². The van der Waals surface area contributed by atoms with E-state index < -0.39 is 0 Å². The van der Waals surface area contributed by atoms with E-state index in [2.05, 4.69) is 31.9 Å². The highest BCUT2D eigenvalue weighted by Gasteiger charge is 2.34. The molecular weight excluding hydrogens is 256 g/mol. The molecule has 3 heterocycles. The van der Waals surface area contributed by atoms with Gasteiger partial charge in [0.2, 0.25) is 0 Å². The number of nitrogens with zero attached hydrogens (tertiary/aromatic N) is 2. The lowest BCUT2D eigenvalue weighted by atomic mass is 10.2. The van der Waals surface area contributed by atoms with Crippen LogP contribution in [0.3, 0.4) is 0 Å². The molecule has 3 rings (SSSR count). The molecule has 2 saturated heterocycles. The third-order valence-corrected chi connectivity index (χ3v) is 3.51. The maximum absolute atomic E-state index is 5.80. The predicted octanol–water partition coefficient (Wildman–Crippen LogP) is 2.21. The van der Waals surface area contributed by atoms with Crippen LogP contribution in [0, 0.1) is 0 Å². The summed E-state index contributed by atoms with van der Waals surface area (Å²) in [5.74, 6) is 1.06. The summed E-state index contributed by atoms with van der Waals surface area (Å²) in [6.07, 6.45) is 3.25. The fourth-order valence-corrected chi connectivity index (χ4v) is 2.71. The van der Waals surface area contributed by atoms with Crippen LogP contribution in [-0.4, -0.2) is 30.3 Å². The predicted molar refractivity (Wildman–Crippen MR) is 62.0 cm³/mol. The summed E-state index contributed by atoms with van der Waals surface area (Å²) in [4.78, 5) is 6.81. The van der Waals surface area contributed by atoms with Crippen molar-refractivity contribution in [1.29, 1.82) is 0 Å². The molecule has 2 atom stereocenters. The van der Waals surface area contributed by atoms with Gasteiger partial charge in [-0.15, -0.1) is 0 Å². The fourth-order valence-electron chi connectivity index (χ4n) is 2.38. The zero-order chi connectivity index (χ0) is 10.3. The van der Waals surface area contributed by atoms with Gasteiger partial charge >= 0.3 is 0 Å². The Morgan fingerprint density at radius 1 is 1.27 bits per heavy atom. The molecule has 2 bridgehead atoms. The minimum absolute atomic E-state index is 0.421. The number of anilines is 1. The third kappa shape index (κ3) is 1.88. The number of ether oxygens (including phenoxy) is 1. The van der Waals surface area contributed by atoms with Gasteiger partial charge in [0, 0.05) is 13.1 Å². The molecular formula is C11H13BrN2O. The smallest absolute Gasteiger partial charge is 0.130 e. The van der Waals surface area contributed by atoms with Gasteiger partial charge in [-0.1, -0.05) is 6.07 Å². The van der Waals surface area contributed by atoms with Crippen molar-refractivity contribution in [2.75, 3.05) is 18.0 Å². The minimum atomic E-state index is 0.421. The van der Waals surface area contributed by atoms with E-state index in [4.69, 9.17) is 4.74 Å². The Hall–Kier alpha value is -0.610. The van der Waals surface area contributed by atoms with Crippen LogP contribution in [0.1, 0.15) is 12.8 Å². The average molecular weight is 269 g/mol. The quantitative estimate of drug-likeness (QED) is 0.731. The van der Waals surface area contributed by atoms with E-state index in [1.165, 1.54) is 12.8 Å². The molecule has 15 heavy (non-hydrogen) atoms. The van der Waals surface area contributed by atoms with Crippen LogP contribution in [0.5, 0.6) is 0 Å². The average Bonchev–Trinajstić information content (AvgIpc) is 2.58. The molecule has 0 amide bonds. The number of fused-ring (bicyclic) bond motifs is 2. The number of hydrogen-bond acceptors (Lipinski definition) is 3. The van der Waals surface area contributed by atoms with Gasteiger partial charge in [0.25, 0.3) is 0 Å². The molecule has 0 spiro atoms. The first-order chi connectivity index (χ1) is 7.31. The van der Waals surface area contributed by atoms with E-state index in [1.807, 2.05) is 12.1 Å². The Balaban J connectivity index is 1.83. The molecule has 3 nitrogen and oxygen atoms in total. The van der Waals surface area contributed by atoms with Crippen LogP contribution < -0.4 is 4.90 Å². The van der Waals surface area contributed by atoms with E-state index in [0.29, 0.717) is 12.2 Å². The van der Waals surface area contributed by atoms with E-state index in [9.17, 15) is 0 Å². The molecule has 2 unspecified atom stereocenters. The van der Waals surface area contributed by atoms with Crippen LogP contribution in [0.2, 0.25) is 0 Å². The van der Waals surface area contributed by atoms with E-state index in [1.54, 1.807) is 0 Å². The van der Waals surface area contributed by atoms with Crippen molar-refractivity contribution in [2.24, 2.45) is 0 Å². The molecule has 0 aromatic carbocycles. The minimum Gasteiger partial charge on any atom is -0.371 e. The van der Waals surface area contributed by atoms with Gasteiger partial charge in [0.05, 0.1) is 12.2 Å². The largest absolute Gasteiger partial charge is 0.371 e. The van der Waals surface area contributed by atoms with E-state index in [-0.39, 0.29) is 0 Å². The van der Waals surface area contributed by atoms with Crippen LogP contribution in [-0.2, 0) is 4.74 Å². The van der Waals surface area contributed by atoms with Gasteiger partial charge in [-0.05, 0) is 40.9 Å². The second-order valence-corrected chi connectivity index (χ2v) is 4.99. The summed E-state index contributed by atoms with van der Waals surface area (Å²) >= 11 is 3.41. The second-order valence-electron chi connectivity index (χ2n) is 4.18. The molecule has 2 aliphatic heterocycles. The number of rotatable bonds is 1. The van der Waals surface area contributed by atoms with Crippen molar-refractivity contribution in [2.45, 2.75) is 25.0 Å². The van der Waals surface area contributed by atoms with E-state index in [0.717, 1.165) is 23.5 Å². The Morgan fingerprint density at radius 2 is 2.00 bits per heavy atom. The maximum atomic E-state index is 5.80. The van der Waals surface area contributed by atoms with Crippen molar-refractivity contribution in [1.82, 2.24) is 4.98 Å². The molecule has 1 aromatic heterocycles. The molecule has 0 radical (unpaired) electrons. The van der Waals surface area contributed by atoms with Gasteiger partial charge in [-0.25, -0.2) is 4.98 Å². The zero-order valence-electron chi connectivity index (χ0n) is 8.40. The zero-order valence-corrected chi connectivity index (χ0v) is 9.98. The highest BCUT2D eigenvalue weighted by Crippen LogP contribution is 2.29. The number of morpholine rings is 1. The Kier molecular flexibility index (Phi) is 2.41. The molecule has 0 saturated carbocycles. The van der Waals surface area contributed by atoms with Gasteiger partial charge in [-0.2, -0.15) is 0 Å². The number of halogens is 1. The first-order valence-corrected chi connectivity index (χ1v) is 6.13.